The summed E-state index contributed by atoms with van der Waals surface area (Å²) in [5, 5.41) is 6.72. The van der Waals surface area contributed by atoms with Gasteiger partial charge in [-0.1, -0.05) is 32.2 Å². The lowest BCUT2D eigenvalue weighted by Gasteiger charge is -2.40. The van der Waals surface area contributed by atoms with Crippen LogP contribution in [-0.2, 0) is 0 Å². The third kappa shape index (κ3) is 3.48. The van der Waals surface area contributed by atoms with E-state index in [1.807, 2.05) is 0 Å². The molecule has 0 saturated carbocycles. The van der Waals surface area contributed by atoms with Crippen LogP contribution in [0.3, 0.4) is 0 Å². The van der Waals surface area contributed by atoms with Crippen molar-refractivity contribution in [2.24, 2.45) is 17.8 Å². The second-order valence-electron chi connectivity index (χ2n) is 5.72. The molecule has 2 heterocycles. The van der Waals surface area contributed by atoms with Crippen LogP contribution in [0.5, 0.6) is 0 Å². The number of hydrogen-bond donors (Lipinski definition) is 2. The summed E-state index contributed by atoms with van der Waals surface area (Å²) in [4.78, 5) is 0. The van der Waals surface area contributed by atoms with E-state index in [0.29, 0.717) is 24.9 Å². The van der Waals surface area contributed by atoms with Gasteiger partial charge in [0.2, 0.25) is 0 Å². The zero-order valence-corrected chi connectivity index (χ0v) is 13.1. The van der Waals surface area contributed by atoms with Gasteiger partial charge in [0.05, 0.1) is 0 Å². The minimum Gasteiger partial charge on any atom is -0.316 e. The lowest BCUT2D eigenvalue weighted by atomic mass is 9.80. The van der Waals surface area contributed by atoms with Gasteiger partial charge < -0.3 is 10.6 Å². The molecule has 0 radical (unpaired) electrons. The minimum atomic E-state index is -2.51. The highest BCUT2D eigenvalue weighted by Crippen LogP contribution is 2.41. The Morgan fingerprint density at radius 1 is 1.28 bits per heavy atom. The molecule has 5 heteroatoms. The second-order valence-corrected chi connectivity index (χ2v) is 7.92. The van der Waals surface area contributed by atoms with Gasteiger partial charge in [0.1, 0.15) is 0 Å². The molecule has 0 amide bonds. The first kappa shape index (κ1) is 14.8. The van der Waals surface area contributed by atoms with E-state index in [4.69, 9.17) is 0 Å². The quantitative estimate of drug-likeness (QED) is 0.588. The Morgan fingerprint density at radius 2 is 2.06 bits per heavy atom. The molecule has 2 nitrogen and oxygen atoms in total. The maximum atomic E-state index is 13.8. The van der Waals surface area contributed by atoms with Crippen LogP contribution in [-0.4, -0.2) is 34.1 Å². The lowest BCUT2D eigenvalue weighted by Crippen LogP contribution is -2.51. The molecule has 2 N–H and O–H groups in total. The zero-order chi connectivity index (χ0) is 13.2. The largest absolute Gasteiger partial charge is 0.316 e. The predicted octanol–water partition coefficient (Wildman–Crippen LogP) is 2.60. The van der Waals surface area contributed by atoms with Crippen LogP contribution < -0.4 is 10.6 Å². The fourth-order valence-electron chi connectivity index (χ4n) is 3.15. The molecule has 0 bridgehead atoms. The SMILES string of the molecule is C=IC(F)(F)C1CNCC(C2CC(C)CCN2)C1. The standard InChI is InChI=1S/C13H23F2IN2/c1-9-3-4-18-12(5-9)10-6-11(8-17-7-10)13(14,15)16-2/h9-12,17-18H,2-8H2,1H3. The first-order chi connectivity index (χ1) is 8.53. The summed E-state index contributed by atoms with van der Waals surface area (Å²) in [5.41, 5.74) is 0. The molecule has 2 saturated heterocycles. The Hall–Kier alpha value is 0.380. The average Bonchev–Trinajstić information content (AvgIpc) is 2.39. The fourth-order valence-corrected chi connectivity index (χ4v) is 4.25. The molecular formula is C13H23F2IN2. The van der Waals surface area contributed by atoms with Crippen molar-refractivity contribution in [1.29, 1.82) is 0 Å². The van der Waals surface area contributed by atoms with Crippen molar-refractivity contribution in [3.63, 3.8) is 0 Å². The van der Waals surface area contributed by atoms with E-state index in [1.54, 1.807) is 0 Å². The van der Waals surface area contributed by atoms with Crippen molar-refractivity contribution >= 4 is 25.2 Å². The number of alkyl halides is 3. The summed E-state index contributed by atoms with van der Waals surface area (Å²) >= 11 is -1.25. The molecular weight excluding hydrogens is 349 g/mol. The van der Waals surface area contributed by atoms with Crippen molar-refractivity contribution in [2.45, 2.75) is 36.2 Å². The molecule has 18 heavy (non-hydrogen) atoms. The van der Waals surface area contributed by atoms with Crippen molar-refractivity contribution in [3.8, 4) is 0 Å². The summed E-state index contributed by atoms with van der Waals surface area (Å²) in [6, 6.07) is 0.419. The Bertz CT molecular complexity index is 299. The Kier molecular flexibility index (Phi) is 5.11. The maximum absolute atomic E-state index is 13.8. The maximum Gasteiger partial charge on any atom is 0.295 e. The summed E-state index contributed by atoms with van der Waals surface area (Å²) in [5.74, 6) is 0.575. The lowest BCUT2D eigenvalue weighted by molar-refractivity contribution is 0.0246. The summed E-state index contributed by atoms with van der Waals surface area (Å²) < 4.78 is 28.6. The van der Waals surface area contributed by atoms with Crippen molar-refractivity contribution in [3.05, 3.63) is 0 Å². The monoisotopic (exact) mass is 372 g/mol. The van der Waals surface area contributed by atoms with Crippen LogP contribution in [0.4, 0.5) is 8.78 Å². The van der Waals surface area contributed by atoms with Crippen LogP contribution in [0.25, 0.3) is 0 Å². The van der Waals surface area contributed by atoms with Crippen LogP contribution in [0.2, 0.25) is 0 Å². The molecule has 4 atom stereocenters. The molecule has 0 spiro atoms. The first-order valence-corrected chi connectivity index (χ1v) is 9.34. The number of hydrogen-bond acceptors (Lipinski definition) is 2. The summed E-state index contributed by atoms with van der Waals surface area (Å²) in [6.07, 6.45) is 2.99. The van der Waals surface area contributed by atoms with E-state index >= 15 is 0 Å². The molecule has 2 aliphatic rings. The fraction of sp³-hybridized carbons (Fsp3) is 0.923. The van der Waals surface area contributed by atoms with E-state index in [9.17, 15) is 8.78 Å². The Morgan fingerprint density at radius 3 is 2.72 bits per heavy atom. The summed E-state index contributed by atoms with van der Waals surface area (Å²) in [6.45, 7) is 4.64. The van der Waals surface area contributed by atoms with E-state index in [2.05, 4.69) is 22.1 Å². The molecule has 0 aromatic carbocycles. The van der Waals surface area contributed by atoms with Crippen molar-refractivity contribution < 1.29 is 8.78 Å². The molecule has 0 aliphatic carbocycles. The van der Waals surface area contributed by atoms with Crippen LogP contribution in [0, 0.1) is 17.8 Å². The summed E-state index contributed by atoms with van der Waals surface area (Å²) in [7, 11) is 0. The van der Waals surface area contributed by atoms with Gasteiger partial charge in [0.15, 0.2) is 0 Å². The Labute approximate surface area is 118 Å². The predicted molar refractivity (Wildman–Crippen MR) is 80.7 cm³/mol. The molecule has 2 fully saturated rings. The number of nitrogens with one attached hydrogen (secondary N) is 2. The number of rotatable bonds is 3. The molecule has 106 valence electrons. The van der Waals surface area contributed by atoms with Crippen molar-refractivity contribution in [1.82, 2.24) is 10.6 Å². The van der Waals surface area contributed by atoms with E-state index in [-0.39, 0.29) is 0 Å². The normalized spacial score (nSPS) is 38.6. The van der Waals surface area contributed by atoms with Gasteiger partial charge in [-0.05, 0) is 44.2 Å². The van der Waals surface area contributed by atoms with Gasteiger partial charge in [-0.2, -0.15) is 8.78 Å². The number of halogens is 3. The first-order valence-electron chi connectivity index (χ1n) is 6.74. The van der Waals surface area contributed by atoms with Gasteiger partial charge in [0, 0.05) is 18.5 Å². The van der Waals surface area contributed by atoms with Gasteiger partial charge in [-0.15, -0.1) is 0 Å². The van der Waals surface area contributed by atoms with Gasteiger partial charge >= 0.3 is 0 Å². The molecule has 0 aromatic rings. The molecule has 2 aliphatic heterocycles. The number of piperidine rings is 2. The van der Waals surface area contributed by atoms with Crippen LogP contribution in [0.1, 0.15) is 26.2 Å². The minimum absolute atomic E-state index is 0.355. The molecule has 2 rings (SSSR count). The van der Waals surface area contributed by atoms with E-state index < -0.39 is 30.6 Å². The highest BCUT2D eigenvalue weighted by molar-refractivity contribution is 14.2. The van der Waals surface area contributed by atoms with Crippen molar-refractivity contribution in [2.75, 3.05) is 19.6 Å². The van der Waals surface area contributed by atoms with Gasteiger partial charge in [0.25, 0.3) is 3.93 Å². The van der Waals surface area contributed by atoms with Crippen LogP contribution in [0.15, 0.2) is 0 Å². The van der Waals surface area contributed by atoms with E-state index in [1.165, 1.54) is 6.42 Å². The van der Waals surface area contributed by atoms with Crippen LogP contribution >= 0.6 is 20.7 Å². The second kappa shape index (κ2) is 6.22. The smallest absolute Gasteiger partial charge is 0.295 e. The third-order valence-electron chi connectivity index (χ3n) is 4.29. The van der Waals surface area contributed by atoms with E-state index in [0.717, 1.165) is 25.4 Å². The molecule has 4 unspecified atom stereocenters. The Balaban J connectivity index is 1.96. The average molecular weight is 372 g/mol. The topological polar surface area (TPSA) is 24.1 Å². The molecule has 0 aromatic heterocycles. The highest BCUT2D eigenvalue weighted by atomic mass is 127. The third-order valence-corrected chi connectivity index (χ3v) is 6.19. The van der Waals surface area contributed by atoms with Gasteiger partial charge in [-0.3, -0.25) is 0 Å². The highest BCUT2D eigenvalue weighted by Gasteiger charge is 2.42. The van der Waals surface area contributed by atoms with Gasteiger partial charge in [-0.25, -0.2) is 0 Å². The zero-order valence-electron chi connectivity index (χ0n) is 10.9.